The number of thioether (sulfide) groups is 1. The number of rotatable bonds is 5. The first-order valence-corrected chi connectivity index (χ1v) is 10.1. The second kappa shape index (κ2) is 8.76. The third-order valence-corrected chi connectivity index (χ3v) is 7.11. The maximum atomic E-state index is 13.3. The maximum Gasteiger partial charge on any atom is 0.255 e. The Morgan fingerprint density at radius 3 is 2.54 bits per heavy atom. The number of amides is 1. The molecule has 1 aliphatic rings. The van der Waals surface area contributed by atoms with Crippen LogP contribution in [0.2, 0.25) is 5.02 Å². The van der Waals surface area contributed by atoms with Crippen molar-refractivity contribution < 1.29 is 23.1 Å². The summed E-state index contributed by atoms with van der Waals surface area (Å²) in [6, 6.07) is 6.12. The fourth-order valence-electron chi connectivity index (χ4n) is 3.39. The lowest BCUT2D eigenvalue weighted by Crippen LogP contribution is -2.19. The summed E-state index contributed by atoms with van der Waals surface area (Å²) in [6.07, 6.45) is 1.96. The first-order valence-electron chi connectivity index (χ1n) is 8.83. The number of hydrogen-bond acceptors (Lipinski definition) is 3. The molecule has 2 N–H and O–H groups in total. The lowest BCUT2D eigenvalue weighted by atomic mass is 10.1. The van der Waals surface area contributed by atoms with Crippen molar-refractivity contribution in [1.29, 1.82) is 0 Å². The lowest BCUT2D eigenvalue weighted by molar-refractivity contribution is 0.102. The molecule has 3 atom stereocenters. The fraction of sp³-hybridized carbons (Fsp3) is 0.350. The maximum absolute atomic E-state index is 13.3. The molecule has 1 amide bonds. The quantitative estimate of drug-likeness (QED) is 0.616. The Balaban J connectivity index is 1.80. The van der Waals surface area contributed by atoms with Crippen LogP contribution in [0.4, 0.5) is 18.9 Å². The number of halogens is 4. The molecule has 0 aliphatic heterocycles. The molecule has 0 bridgehead atoms. The number of carbonyl (C=O) groups is 1. The molecule has 0 heterocycles. The van der Waals surface area contributed by atoms with E-state index in [4.69, 9.17) is 11.6 Å². The minimum Gasteiger partial charge on any atom is -0.396 e. The molecule has 0 radical (unpaired) electrons. The van der Waals surface area contributed by atoms with Crippen LogP contribution < -0.4 is 5.32 Å². The van der Waals surface area contributed by atoms with E-state index in [9.17, 15) is 23.1 Å². The molecule has 28 heavy (non-hydrogen) atoms. The van der Waals surface area contributed by atoms with Gasteiger partial charge >= 0.3 is 0 Å². The van der Waals surface area contributed by atoms with Crippen LogP contribution in [0.3, 0.4) is 0 Å². The predicted molar refractivity (Wildman–Crippen MR) is 104 cm³/mol. The van der Waals surface area contributed by atoms with Gasteiger partial charge in [0.25, 0.3) is 5.91 Å². The average molecular weight is 430 g/mol. The standard InChI is InChI=1S/C20H19ClF3NO2S/c1-10-2-3-12(9-26)19(10)28-17-6-11(4-5-14(17)21)20(27)25-13-7-15(22)18(24)16(23)8-13/h4-8,10,12,19,26H,2-3,9H2,1H3,(H,25,27)/t10-,12?,19?/m1/s1. The molecule has 8 heteroatoms. The Labute approximate surface area is 170 Å². The first kappa shape index (κ1) is 21.0. The van der Waals surface area contributed by atoms with Crippen LogP contribution in [0.25, 0.3) is 0 Å². The van der Waals surface area contributed by atoms with Crippen LogP contribution >= 0.6 is 23.4 Å². The van der Waals surface area contributed by atoms with E-state index in [1.165, 1.54) is 17.8 Å². The molecule has 150 valence electrons. The van der Waals surface area contributed by atoms with Crippen molar-refractivity contribution in [2.75, 3.05) is 11.9 Å². The van der Waals surface area contributed by atoms with Gasteiger partial charge in [-0.05, 0) is 42.9 Å². The number of carbonyl (C=O) groups excluding carboxylic acids is 1. The lowest BCUT2D eigenvalue weighted by Gasteiger charge is -2.21. The minimum atomic E-state index is -1.59. The second-order valence-electron chi connectivity index (χ2n) is 6.93. The van der Waals surface area contributed by atoms with E-state index in [1.807, 2.05) is 0 Å². The zero-order chi connectivity index (χ0) is 20.4. The van der Waals surface area contributed by atoms with Crippen LogP contribution in [0, 0.1) is 29.3 Å². The minimum absolute atomic E-state index is 0.0987. The van der Waals surface area contributed by atoms with E-state index in [1.54, 1.807) is 12.1 Å². The number of hydrogen-bond donors (Lipinski definition) is 2. The van der Waals surface area contributed by atoms with Crippen LogP contribution in [0.5, 0.6) is 0 Å². The fourth-order valence-corrected chi connectivity index (χ4v) is 5.09. The van der Waals surface area contributed by atoms with Gasteiger partial charge in [-0.3, -0.25) is 4.79 Å². The van der Waals surface area contributed by atoms with Crippen LogP contribution in [0.1, 0.15) is 30.1 Å². The summed E-state index contributed by atoms with van der Waals surface area (Å²) in [7, 11) is 0. The second-order valence-corrected chi connectivity index (χ2v) is 8.56. The summed E-state index contributed by atoms with van der Waals surface area (Å²) in [4.78, 5) is 13.2. The van der Waals surface area contributed by atoms with Gasteiger partial charge in [0.2, 0.25) is 0 Å². The molecule has 1 fully saturated rings. The van der Waals surface area contributed by atoms with E-state index in [0.29, 0.717) is 28.0 Å². The SMILES string of the molecule is C[C@@H]1CCC(CO)C1Sc1cc(C(=O)Nc2cc(F)c(F)c(F)c2)ccc1Cl. The highest BCUT2D eigenvalue weighted by atomic mass is 35.5. The van der Waals surface area contributed by atoms with Gasteiger partial charge in [-0.15, -0.1) is 11.8 Å². The number of anilines is 1. The Kier molecular flexibility index (Phi) is 6.58. The smallest absolute Gasteiger partial charge is 0.255 e. The van der Waals surface area contributed by atoms with Gasteiger partial charge in [0, 0.05) is 40.1 Å². The molecular formula is C20H19ClF3NO2S. The van der Waals surface area contributed by atoms with Crippen LogP contribution in [-0.2, 0) is 0 Å². The van der Waals surface area contributed by atoms with Crippen molar-refractivity contribution in [1.82, 2.24) is 0 Å². The van der Waals surface area contributed by atoms with Gasteiger partial charge in [-0.25, -0.2) is 13.2 Å². The Hall–Kier alpha value is -1.70. The number of aliphatic hydroxyl groups is 1. The van der Waals surface area contributed by atoms with Crippen LogP contribution in [0.15, 0.2) is 35.2 Å². The number of nitrogens with one attached hydrogen (secondary N) is 1. The molecule has 1 saturated carbocycles. The first-order chi connectivity index (χ1) is 13.3. The summed E-state index contributed by atoms with van der Waals surface area (Å²) in [5.41, 5.74) is 0.0681. The summed E-state index contributed by atoms with van der Waals surface area (Å²) < 4.78 is 39.7. The van der Waals surface area contributed by atoms with Gasteiger partial charge in [-0.2, -0.15) is 0 Å². The normalized spacial score (nSPS) is 21.7. The van der Waals surface area contributed by atoms with Crippen molar-refractivity contribution >= 4 is 35.0 Å². The molecule has 2 aromatic rings. The molecule has 3 nitrogen and oxygen atoms in total. The van der Waals surface area contributed by atoms with Gasteiger partial charge in [0.15, 0.2) is 17.5 Å². The van der Waals surface area contributed by atoms with E-state index in [-0.39, 0.29) is 29.0 Å². The molecule has 0 aromatic heterocycles. The highest BCUT2D eigenvalue weighted by Crippen LogP contribution is 2.44. The Morgan fingerprint density at radius 1 is 1.21 bits per heavy atom. The molecule has 2 aromatic carbocycles. The highest BCUT2D eigenvalue weighted by Gasteiger charge is 2.34. The Bertz CT molecular complexity index is 873. The zero-order valence-corrected chi connectivity index (χ0v) is 16.6. The molecule has 0 saturated heterocycles. The molecule has 0 spiro atoms. The van der Waals surface area contributed by atoms with Gasteiger partial charge < -0.3 is 10.4 Å². The monoisotopic (exact) mass is 429 g/mol. The molecule has 2 unspecified atom stereocenters. The highest BCUT2D eigenvalue weighted by molar-refractivity contribution is 8.00. The third kappa shape index (κ3) is 4.47. The van der Waals surface area contributed by atoms with Gasteiger partial charge in [0.05, 0.1) is 5.02 Å². The molecule has 3 rings (SSSR count). The zero-order valence-electron chi connectivity index (χ0n) is 15.0. The molecular weight excluding hydrogens is 411 g/mol. The largest absolute Gasteiger partial charge is 0.396 e. The van der Waals surface area contributed by atoms with Gasteiger partial charge in [-0.1, -0.05) is 18.5 Å². The van der Waals surface area contributed by atoms with Crippen molar-refractivity contribution in [2.24, 2.45) is 11.8 Å². The summed E-state index contributed by atoms with van der Waals surface area (Å²) in [5.74, 6) is -4.38. The van der Waals surface area contributed by atoms with Crippen LogP contribution in [-0.4, -0.2) is 22.9 Å². The van der Waals surface area contributed by atoms with Crippen molar-refractivity contribution in [2.45, 2.75) is 29.9 Å². The number of aliphatic hydroxyl groups excluding tert-OH is 1. The summed E-state index contributed by atoms with van der Waals surface area (Å²) >= 11 is 7.80. The van der Waals surface area contributed by atoms with Gasteiger partial charge in [0.1, 0.15) is 0 Å². The average Bonchev–Trinajstić information content (AvgIpc) is 3.01. The van der Waals surface area contributed by atoms with Crippen molar-refractivity contribution in [3.05, 3.63) is 58.4 Å². The molecule has 1 aliphatic carbocycles. The van der Waals surface area contributed by atoms with E-state index in [0.717, 1.165) is 12.8 Å². The topological polar surface area (TPSA) is 49.3 Å². The van der Waals surface area contributed by atoms with E-state index < -0.39 is 23.4 Å². The Morgan fingerprint density at radius 2 is 1.89 bits per heavy atom. The predicted octanol–water partition coefficient (Wildman–Crippen LogP) is 5.51. The van der Waals surface area contributed by atoms with Crippen molar-refractivity contribution in [3.63, 3.8) is 0 Å². The third-order valence-electron chi connectivity index (χ3n) is 4.95. The van der Waals surface area contributed by atoms with Crippen molar-refractivity contribution in [3.8, 4) is 0 Å². The summed E-state index contributed by atoms with van der Waals surface area (Å²) in [5, 5.41) is 12.6. The summed E-state index contributed by atoms with van der Waals surface area (Å²) in [6.45, 7) is 2.22. The number of benzene rings is 2. The van der Waals surface area contributed by atoms with E-state index >= 15 is 0 Å². The van der Waals surface area contributed by atoms with E-state index in [2.05, 4.69) is 12.2 Å².